The molecule has 118 valence electrons. The molecule has 3 rings (SSSR count). The summed E-state index contributed by atoms with van der Waals surface area (Å²) >= 11 is 6.40. The van der Waals surface area contributed by atoms with Gasteiger partial charge in [0.05, 0.1) is 5.02 Å². The first kappa shape index (κ1) is 15.6. The molecule has 22 heavy (non-hydrogen) atoms. The minimum Gasteiger partial charge on any atom is -0.489 e. The number of likely N-dealkylation sites (tertiary alicyclic amines) is 1. The van der Waals surface area contributed by atoms with Crippen LogP contribution in [0.3, 0.4) is 0 Å². The monoisotopic (exact) mass is 319 g/mol. The molecular formula is C18H22ClNO2. The summed E-state index contributed by atoms with van der Waals surface area (Å²) in [6.45, 7) is 3.10. The minimum atomic E-state index is -0.486. The molecule has 4 heteroatoms. The normalized spacial score (nSPS) is 17.5. The first-order valence-electron chi connectivity index (χ1n) is 7.94. The van der Waals surface area contributed by atoms with E-state index < -0.39 is 6.10 Å². The maximum absolute atomic E-state index is 10.2. The lowest BCUT2D eigenvalue weighted by Crippen LogP contribution is -2.38. The first-order chi connectivity index (χ1) is 10.7. The van der Waals surface area contributed by atoms with Crippen LogP contribution in [0.4, 0.5) is 0 Å². The van der Waals surface area contributed by atoms with Crippen LogP contribution in [0, 0.1) is 0 Å². The summed E-state index contributed by atoms with van der Waals surface area (Å²) in [7, 11) is 0. The van der Waals surface area contributed by atoms with Gasteiger partial charge in [0.1, 0.15) is 18.5 Å². The molecular weight excluding hydrogens is 298 g/mol. The molecule has 1 fully saturated rings. The molecule has 3 nitrogen and oxygen atoms in total. The van der Waals surface area contributed by atoms with Gasteiger partial charge < -0.3 is 14.7 Å². The molecule has 0 spiro atoms. The Morgan fingerprint density at radius 1 is 1.09 bits per heavy atom. The van der Waals surface area contributed by atoms with Crippen molar-refractivity contribution in [3.63, 3.8) is 0 Å². The molecule has 1 aliphatic heterocycles. The van der Waals surface area contributed by atoms with Gasteiger partial charge in [-0.2, -0.15) is 0 Å². The van der Waals surface area contributed by atoms with Crippen LogP contribution < -0.4 is 4.74 Å². The van der Waals surface area contributed by atoms with E-state index in [0.717, 1.165) is 23.9 Å². The van der Waals surface area contributed by atoms with Gasteiger partial charge in [0, 0.05) is 11.9 Å². The molecule has 0 unspecified atom stereocenters. The number of halogens is 1. The van der Waals surface area contributed by atoms with Crippen molar-refractivity contribution in [1.29, 1.82) is 0 Å². The van der Waals surface area contributed by atoms with E-state index in [1.54, 1.807) is 0 Å². The van der Waals surface area contributed by atoms with Crippen molar-refractivity contribution in [3.8, 4) is 5.75 Å². The number of nitrogens with zero attached hydrogens (tertiary/aromatic N) is 1. The lowest BCUT2D eigenvalue weighted by molar-refractivity contribution is 0.0618. The average molecular weight is 320 g/mol. The first-order valence-corrected chi connectivity index (χ1v) is 8.32. The summed E-state index contributed by atoms with van der Waals surface area (Å²) in [5.74, 6) is 0.637. The molecule has 0 saturated carbocycles. The highest BCUT2D eigenvalue weighted by molar-refractivity contribution is 6.37. The van der Waals surface area contributed by atoms with Crippen molar-refractivity contribution in [1.82, 2.24) is 4.90 Å². The predicted molar refractivity (Wildman–Crippen MR) is 90.8 cm³/mol. The second-order valence-corrected chi connectivity index (χ2v) is 6.30. The second-order valence-electron chi connectivity index (χ2n) is 5.92. The van der Waals surface area contributed by atoms with Crippen LogP contribution in [0.2, 0.25) is 5.02 Å². The van der Waals surface area contributed by atoms with E-state index >= 15 is 0 Å². The van der Waals surface area contributed by atoms with Crippen molar-refractivity contribution in [2.75, 3.05) is 26.2 Å². The van der Waals surface area contributed by atoms with Crippen LogP contribution >= 0.6 is 11.6 Å². The fourth-order valence-corrected chi connectivity index (χ4v) is 3.29. The Labute approximate surface area is 136 Å². The van der Waals surface area contributed by atoms with E-state index in [1.165, 1.54) is 19.3 Å². The minimum absolute atomic E-state index is 0.272. The number of ether oxygens (including phenoxy) is 1. The molecule has 1 heterocycles. The van der Waals surface area contributed by atoms with Crippen LogP contribution in [0.5, 0.6) is 5.75 Å². The number of fused-ring (bicyclic) bond motifs is 1. The number of piperidine rings is 1. The smallest absolute Gasteiger partial charge is 0.138 e. The quantitative estimate of drug-likeness (QED) is 0.911. The van der Waals surface area contributed by atoms with Gasteiger partial charge in [0.25, 0.3) is 0 Å². The third-order valence-electron chi connectivity index (χ3n) is 4.18. The van der Waals surface area contributed by atoms with Crippen molar-refractivity contribution < 1.29 is 9.84 Å². The Bertz CT molecular complexity index is 626. The van der Waals surface area contributed by atoms with Gasteiger partial charge in [-0.3, -0.25) is 0 Å². The Morgan fingerprint density at radius 2 is 1.86 bits per heavy atom. The fourth-order valence-electron chi connectivity index (χ4n) is 3.00. The standard InChI is InChI=1S/C18H22ClNO2/c19-18-16-7-3-2-6-14(16)8-9-17(18)22-13-15(21)12-20-10-4-1-5-11-20/h2-3,6-9,15,21H,1,4-5,10-13H2/t15-/m0/s1. The van der Waals surface area contributed by atoms with E-state index in [-0.39, 0.29) is 6.61 Å². The zero-order valence-electron chi connectivity index (χ0n) is 12.7. The van der Waals surface area contributed by atoms with Crippen LogP contribution in [0.1, 0.15) is 19.3 Å². The maximum Gasteiger partial charge on any atom is 0.138 e. The molecule has 0 aliphatic carbocycles. The molecule has 1 atom stereocenters. The number of hydrogen-bond acceptors (Lipinski definition) is 3. The topological polar surface area (TPSA) is 32.7 Å². The third kappa shape index (κ3) is 3.72. The Kier molecular flexibility index (Phi) is 5.19. The van der Waals surface area contributed by atoms with Gasteiger partial charge in [-0.25, -0.2) is 0 Å². The number of hydrogen-bond donors (Lipinski definition) is 1. The van der Waals surface area contributed by atoms with Gasteiger partial charge in [0.15, 0.2) is 0 Å². The average Bonchev–Trinajstić information content (AvgIpc) is 2.55. The molecule has 0 radical (unpaired) electrons. The van der Waals surface area contributed by atoms with E-state index in [4.69, 9.17) is 16.3 Å². The SMILES string of the molecule is O[C@H](COc1ccc2ccccc2c1Cl)CN1CCCCC1. The summed E-state index contributed by atoms with van der Waals surface area (Å²) in [6, 6.07) is 11.8. The Hall–Kier alpha value is -1.29. The zero-order chi connectivity index (χ0) is 15.4. The summed E-state index contributed by atoms with van der Waals surface area (Å²) in [5, 5.41) is 12.8. The van der Waals surface area contributed by atoms with Crippen molar-refractivity contribution in [3.05, 3.63) is 41.4 Å². The van der Waals surface area contributed by atoms with Gasteiger partial charge in [-0.1, -0.05) is 48.4 Å². The van der Waals surface area contributed by atoms with Crippen molar-refractivity contribution >= 4 is 22.4 Å². The molecule has 0 amide bonds. The summed E-state index contributed by atoms with van der Waals surface area (Å²) in [6.07, 6.45) is 3.27. The van der Waals surface area contributed by atoms with E-state index in [9.17, 15) is 5.11 Å². The van der Waals surface area contributed by atoms with Gasteiger partial charge in [-0.15, -0.1) is 0 Å². The lowest BCUT2D eigenvalue weighted by Gasteiger charge is -2.28. The van der Waals surface area contributed by atoms with E-state index in [2.05, 4.69) is 4.90 Å². The summed E-state index contributed by atoms with van der Waals surface area (Å²) in [5.41, 5.74) is 0. The summed E-state index contributed by atoms with van der Waals surface area (Å²) in [4.78, 5) is 2.31. The van der Waals surface area contributed by atoms with Crippen LogP contribution in [-0.2, 0) is 0 Å². The van der Waals surface area contributed by atoms with Gasteiger partial charge >= 0.3 is 0 Å². The maximum atomic E-state index is 10.2. The second kappa shape index (κ2) is 7.32. The van der Waals surface area contributed by atoms with Crippen LogP contribution in [-0.4, -0.2) is 42.4 Å². The molecule has 0 aromatic heterocycles. The van der Waals surface area contributed by atoms with Crippen LogP contribution in [0.25, 0.3) is 10.8 Å². The third-order valence-corrected chi connectivity index (χ3v) is 4.57. The van der Waals surface area contributed by atoms with E-state index in [0.29, 0.717) is 17.3 Å². The van der Waals surface area contributed by atoms with Crippen molar-refractivity contribution in [2.24, 2.45) is 0 Å². The molecule has 1 N–H and O–H groups in total. The highest BCUT2D eigenvalue weighted by Crippen LogP contribution is 2.32. The fraction of sp³-hybridized carbons (Fsp3) is 0.444. The highest BCUT2D eigenvalue weighted by Gasteiger charge is 2.15. The Balaban J connectivity index is 1.60. The molecule has 1 aliphatic rings. The Morgan fingerprint density at radius 3 is 2.68 bits per heavy atom. The molecule has 2 aromatic carbocycles. The highest BCUT2D eigenvalue weighted by atomic mass is 35.5. The van der Waals surface area contributed by atoms with Gasteiger partial charge in [0.2, 0.25) is 0 Å². The number of aliphatic hydroxyl groups excluding tert-OH is 1. The molecule has 1 saturated heterocycles. The molecule has 2 aromatic rings. The largest absolute Gasteiger partial charge is 0.489 e. The van der Waals surface area contributed by atoms with Crippen LogP contribution in [0.15, 0.2) is 36.4 Å². The molecule has 0 bridgehead atoms. The number of benzene rings is 2. The van der Waals surface area contributed by atoms with E-state index in [1.807, 2.05) is 36.4 Å². The predicted octanol–water partition coefficient (Wildman–Crippen LogP) is 3.72. The number of β-amino-alcohol motifs (C(OH)–C–C–N with tert-alkyl or cyclic N) is 1. The van der Waals surface area contributed by atoms with Gasteiger partial charge in [-0.05, 0) is 37.4 Å². The van der Waals surface area contributed by atoms with Crippen molar-refractivity contribution in [2.45, 2.75) is 25.4 Å². The summed E-state index contributed by atoms with van der Waals surface area (Å²) < 4.78 is 5.74. The number of rotatable bonds is 5. The lowest BCUT2D eigenvalue weighted by atomic mass is 10.1. The zero-order valence-corrected chi connectivity index (χ0v) is 13.4. The number of aliphatic hydroxyl groups is 1.